The van der Waals surface area contributed by atoms with E-state index in [1.807, 2.05) is 0 Å². The number of ether oxygens (including phenoxy) is 2. The topological polar surface area (TPSA) is 97.9 Å². The zero-order valence-corrected chi connectivity index (χ0v) is 14.4. The molecule has 8 heteroatoms. The zero-order valence-electron chi connectivity index (χ0n) is 14.4. The molecule has 1 unspecified atom stereocenters. The van der Waals surface area contributed by atoms with Crippen molar-refractivity contribution in [3.8, 4) is 11.5 Å². The highest BCUT2D eigenvalue weighted by atomic mass is 16.5. The van der Waals surface area contributed by atoms with Gasteiger partial charge in [-0.15, -0.1) is 0 Å². The van der Waals surface area contributed by atoms with Gasteiger partial charge in [-0.3, -0.25) is 9.69 Å². The summed E-state index contributed by atoms with van der Waals surface area (Å²) in [7, 11) is 4.74. The number of benzene rings is 1. The average molecular weight is 347 g/mol. The van der Waals surface area contributed by atoms with E-state index in [1.54, 1.807) is 30.1 Å². The minimum absolute atomic E-state index is 0.244. The van der Waals surface area contributed by atoms with Crippen LogP contribution < -0.4 is 9.47 Å². The molecule has 1 saturated carbocycles. The molecule has 0 radical (unpaired) electrons. The molecule has 134 valence electrons. The largest absolute Gasteiger partial charge is 0.497 e. The molecule has 1 atom stereocenters. The summed E-state index contributed by atoms with van der Waals surface area (Å²) in [4.78, 5) is 17.9. The second-order valence-corrected chi connectivity index (χ2v) is 6.09. The van der Waals surface area contributed by atoms with Gasteiger partial charge in [-0.2, -0.15) is 4.98 Å². The maximum atomic E-state index is 11.9. The van der Waals surface area contributed by atoms with Crippen molar-refractivity contribution in [2.45, 2.75) is 31.3 Å². The van der Waals surface area contributed by atoms with E-state index in [2.05, 4.69) is 10.1 Å². The number of carboxylic acid groups (broad SMARTS) is 1. The van der Waals surface area contributed by atoms with Crippen molar-refractivity contribution in [3.05, 3.63) is 35.5 Å². The predicted octanol–water partition coefficient (Wildman–Crippen LogP) is 2.22. The van der Waals surface area contributed by atoms with Crippen molar-refractivity contribution in [2.24, 2.45) is 0 Å². The van der Waals surface area contributed by atoms with E-state index in [-0.39, 0.29) is 6.54 Å². The van der Waals surface area contributed by atoms with Crippen LogP contribution in [-0.2, 0) is 11.3 Å². The van der Waals surface area contributed by atoms with Crippen LogP contribution in [0.15, 0.2) is 22.7 Å². The third-order valence-electron chi connectivity index (χ3n) is 4.21. The molecule has 1 aromatic carbocycles. The van der Waals surface area contributed by atoms with Crippen LogP contribution in [0.4, 0.5) is 0 Å². The lowest BCUT2D eigenvalue weighted by molar-refractivity contribution is -0.143. The third kappa shape index (κ3) is 3.74. The summed E-state index contributed by atoms with van der Waals surface area (Å²) in [6.07, 6.45) is 2.13. The third-order valence-corrected chi connectivity index (χ3v) is 4.21. The van der Waals surface area contributed by atoms with E-state index in [0.29, 0.717) is 34.7 Å². The molecule has 0 aliphatic heterocycles. The Labute approximate surface area is 145 Å². The Morgan fingerprint density at radius 3 is 2.76 bits per heavy atom. The molecule has 1 N–H and O–H groups in total. The van der Waals surface area contributed by atoms with Crippen LogP contribution >= 0.6 is 0 Å². The standard InChI is InChI=1S/C17H21N3O5/c1-20(9-14-18-16(25-19-14)10-4-5-10)15(17(21)22)12-8-11(23-2)6-7-13(12)24-3/h6-8,10,15H,4-5,9H2,1-3H3,(H,21,22). The minimum atomic E-state index is -1.00. The van der Waals surface area contributed by atoms with Gasteiger partial charge in [-0.25, -0.2) is 0 Å². The fourth-order valence-electron chi connectivity index (χ4n) is 2.75. The maximum absolute atomic E-state index is 11.9. The molecule has 1 aromatic heterocycles. The number of methoxy groups -OCH3 is 2. The molecule has 25 heavy (non-hydrogen) atoms. The monoisotopic (exact) mass is 347 g/mol. The molecular formula is C17H21N3O5. The summed E-state index contributed by atoms with van der Waals surface area (Å²) in [5, 5.41) is 13.7. The van der Waals surface area contributed by atoms with E-state index < -0.39 is 12.0 Å². The molecule has 2 aromatic rings. The first kappa shape index (κ1) is 17.2. The van der Waals surface area contributed by atoms with Crippen LogP contribution in [0, 0.1) is 0 Å². The van der Waals surface area contributed by atoms with Gasteiger partial charge in [0.1, 0.15) is 17.5 Å². The SMILES string of the molecule is COc1ccc(OC)c(C(C(=O)O)N(C)Cc2noc(C3CC3)n2)c1. The summed E-state index contributed by atoms with van der Waals surface area (Å²) in [5.41, 5.74) is 0.503. The smallest absolute Gasteiger partial charge is 0.325 e. The number of hydrogen-bond donors (Lipinski definition) is 1. The molecule has 1 heterocycles. The number of rotatable bonds is 8. The number of hydrogen-bond acceptors (Lipinski definition) is 7. The van der Waals surface area contributed by atoms with Crippen LogP contribution in [0.1, 0.15) is 42.1 Å². The fraction of sp³-hybridized carbons (Fsp3) is 0.471. The number of aromatic nitrogens is 2. The quantitative estimate of drug-likeness (QED) is 0.776. The molecule has 8 nitrogen and oxygen atoms in total. The van der Waals surface area contributed by atoms with Gasteiger partial charge in [0.15, 0.2) is 5.82 Å². The van der Waals surface area contributed by atoms with Crippen molar-refractivity contribution in [1.82, 2.24) is 15.0 Å². The number of carbonyl (C=O) groups is 1. The van der Waals surface area contributed by atoms with Gasteiger partial charge in [-0.05, 0) is 38.1 Å². The first-order chi connectivity index (χ1) is 12.0. The summed E-state index contributed by atoms with van der Waals surface area (Å²) < 4.78 is 15.8. The van der Waals surface area contributed by atoms with Crippen molar-refractivity contribution in [2.75, 3.05) is 21.3 Å². The number of likely N-dealkylation sites (N-methyl/N-ethyl adjacent to an activating group) is 1. The van der Waals surface area contributed by atoms with Crippen LogP contribution in [-0.4, -0.2) is 47.4 Å². The molecule has 3 rings (SSSR count). The van der Waals surface area contributed by atoms with Gasteiger partial charge in [0.2, 0.25) is 5.89 Å². The summed E-state index contributed by atoms with van der Waals surface area (Å²) in [5.74, 6) is 1.50. The lowest BCUT2D eigenvalue weighted by Gasteiger charge is -2.25. The minimum Gasteiger partial charge on any atom is -0.497 e. The van der Waals surface area contributed by atoms with E-state index in [0.717, 1.165) is 12.8 Å². The van der Waals surface area contributed by atoms with Crippen molar-refractivity contribution >= 4 is 5.97 Å². The summed E-state index contributed by atoms with van der Waals surface area (Å²) >= 11 is 0. The lowest BCUT2D eigenvalue weighted by atomic mass is 10.0. The normalized spacial score (nSPS) is 15.2. The summed E-state index contributed by atoms with van der Waals surface area (Å²) in [6.45, 7) is 0.244. The van der Waals surface area contributed by atoms with Crippen molar-refractivity contribution < 1.29 is 23.9 Å². The molecule has 0 bridgehead atoms. The van der Waals surface area contributed by atoms with Gasteiger partial charge >= 0.3 is 5.97 Å². The average Bonchev–Trinajstić information content (AvgIpc) is 3.34. The fourth-order valence-corrected chi connectivity index (χ4v) is 2.75. The number of carboxylic acids is 1. The molecular weight excluding hydrogens is 326 g/mol. The molecule has 1 fully saturated rings. The van der Waals surface area contributed by atoms with Gasteiger partial charge in [0, 0.05) is 11.5 Å². The van der Waals surface area contributed by atoms with Crippen molar-refractivity contribution in [1.29, 1.82) is 0 Å². The predicted molar refractivity (Wildman–Crippen MR) is 87.7 cm³/mol. The van der Waals surface area contributed by atoms with Gasteiger partial charge < -0.3 is 19.1 Å². The van der Waals surface area contributed by atoms with E-state index in [4.69, 9.17) is 14.0 Å². The van der Waals surface area contributed by atoms with E-state index in [9.17, 15) is 9.90 Å². The first-order valence-electron chi connectivity index (χ1n) is 8.01. The van der Waals surface area contributed by atoms with E-state index in [1.165, 1.54) is 14.2 Å². The Balaban J connectivity index is 1.85. The highest BCUT2D eigenvalue weighted by Crippen LogP contribution is 2.39. The number of nitrogens with zero attached hydrogens (tertiary/aromatic N) is 3. The highest BCUT2D eigenvalue weighted by Gasteiger charge is 2.32. The zero-order chi connectivity index (χ0) is 18.0. The van der Waals surface area contributed by atoms with E-state index >= 15 is 0 Å². The second kappa shape index (κ2) is 7.10. The molecule has 0 amide bonds. The van der Waals surface area contributed by atoms with Crippen LogP contribution in [0.2, 0.25) is 0 Å². The summed E-state index contributed by atoms with van der Waals surface area (Å²) in [6, 6.07) is 4.15. The Bertz CT molecular complexity index is 756. The Kier molecular flexibility index (Phi) is 4.89. The van der Waals surface area contributed by atoms with Crippen LogP contribution in [0.3, 0.4) is 0 Å². The Morgan fingerprint density at radius 1 is 1.40 bits per heavy atom. The molecule has 0 spiro atoms. The first-order valence-corrected chi connectivity index (χ1v) is 8.01. The lowest BCUT2D eigenvalue weighted by Crippen LogP contribution is -2.31. The molecule has 0 saturated heterocycles. The Morgan fingerprint density at radius 2 is 2.16 bits per heavy atom. The van der Waals surface area contributed by atoms with Gasteiger partial charge in [0.25, 0.3) is 0 Å². The second-order valence-electron chi connectivity index (χ2n) is 6.09. The Hall–Kier alpha value is -2.61. The van der Waals surface area contributed by atoms with Gasteiger partial charge in [0.05, 0.1) is 20.8 Å². The van der Waals surface area contributed by atoms with Gasteiger partial charge in [-0.1, -0.05) is 5.16 Å². The highest BCUT2D eigenvalue weighted by molar-refractivity contribution is 5.77. The number of aliphatic carboxylic acids is 1. The van der Waals surface area contributed by atoms with Crippen LogP contribution in [0.25, 0.3) is 0 Å². The van der Waals surface area contributed by atoms with Crippen LogP contribution in [0.5, 0.6) is 11.5 Å². The maximum Gasteiger partial charge on any atom is 0.325 e. The molecule has 1 aliphatic carbocycles. The van der Waals surface area contributed by atoms with Crippen molar-refractivity contribution in [3.63, 3.8) is 0 Å². The molecule has 1 aliphatic rings.